The molecule has 0 aromatic heterocycles. The maximum Gasteiger partial charge on any atom is 0.319 e. The Kier molecular flexibility index (Phi) is 5.21. The van der Waals surface area contributed by atoms with E-state index in [0.29, 0.717) is 22.3 Å². The van der Waals surface area contributed by atoms with E-state index in [1.165, 1.54) is 0 Å². The van der Waals surface area contributed by atoms with Gasteiger partial charge >= 0.3 is 6.03 Å². The highest BCUT2D eigenvalue weighted by Crippen LogP contribution is 2.26. The summed E-state index contributed by atoms with van der Waals surface area (Å²) in [6, 6.07) is 6.00. The second-order valence-electron chi connectivity index (χ2n) is 3.66. The fourth-order valence-corrected chi connectivity index (χ4v) is 1.65. The van der Waals surface area contributed by atoms with Crippen LogP contribution in [-0.4, -0.2) is 17.8 Å². The molecule has 0 atom stereocenters. The molecule has 0 aliphatic heterocycles. The van der Waals surface area contributed by atoms with Crippen LogP contribution in [0.3, 0.4) is 0 Å². The van der Waals surface area contributed by atoms with Gasteiger partial charge in [-0.3, -0.25) is 0 Å². The maximum absolute atomic E-state index is 12.1. The van der Waals surface area contributed by atoms with Crippen LogP contribution in [-0.2, 0) is 0 Å². The maximum atomic E-state index is 12.1. The van der Waals surface area contributed by atoms with Gasteiger partial charge in [-0.25, -0.2) is 4.79 Å². The zero-order valence-electron chi connectivity index (χ0n) is 9.54. The van der Waals surface area contributed by atoms with Gasteiger partial charge in [0.1, 0.15) is 0 Å². The minimum atomic E-state index is -2.43. The van der Waals surface area contributed by atoms with Crippen molar-refractivity contribution in [2.24, 2.45) is 0 Å². The van der Waals surface area contributed by atoms with Crippen molar-refractivity contribution in [3.05, 3.63) is 24.3 Å². The van der Waals surface area contributed by atoms with Gasteiger partial charge < -0.3 is 10.6 Å². The summed E-state index contributed by atoms with van der Waals surface area (Å²) in [6.07, 6.45) is 0. The number of amides is 2. The molecule has 0 saturated carbocycles. The van der Waals surface area contributed by atoms with Crippen molar-refractivity contribution in [1.29, 1.82) is 0 Å². The summed E-state index contributed by atoms with van der Waals surface area (Å²) in [4.78, 5) is 11.8. The van der Waals surface area contributed by atoms with E-state index < -0.39 is 5.76 Å². The molecule has 0 radical (unpaired) electrons. The van der Waals surface area contributed by atoms with Gasteiger partial charge in [0.2, 0.25) is 0 Å². The molecule has 17 heavy (non-hydrogen) atoms. The molecule has 2 amide bonds. The third-order valence-electron chi connectivity index (χ3n) is 1.76. The van der Waals surface area contributed by atoms with Crippen molar-refractivity contribution in [1.82, 2.24) is 5.32 Å². The summed E-state index contributed by atoms with van der Waals surface area (Å²) >= 11 is 0.475. The molecular formula is C11H14F2N2OS. The van der Waals surface area contributed by atoms with E-state index in [2.05, 4.69) is 10.6 Å². The number of carbonyl (C=O) groups excluding carboxylic acids is 1. The molecule has 0 heterocycles. The number of benzene rings is 1. The van der Waals surface area contributed by atoms with Gasteiger partial charge in [-0.15, -0.1) is 0 Å². The molecule has 0 aliphatic carbocycles. The zero-order chi connectivity index (χ0) is 12.8. The van der Waals surface area contributed by atoms with Gasteiger partial charge in [0, 0.05) is 16.6 Å². The number of thioether (sulfide) groups is 1. The lowest BCUT2D eigenvalue weighted by molar-refractivity contribution is 0.249. The molecule has 0 spiro atoms. The molecule has 0 fully saturated rings. The lowest BCUT2D eigenvalue weighted by Crippen LogP contribution is -2.34. The van der Waals surface area contributed by atoms with Crippen LogP contribution < -0.4 is 10.6 Å². The van der Waals surface area contributed by atoms with Gasteiger partial charge in [0.15, 0.2) is 0 Å². The molecule has 1 rings (SSSR count). The minimum Gasteiger partial charge on any atom is -0.336 e. The Morgan fingerprint density at radius 3 is 2.29 bits per heavy atom. The molecular weight excluding hydrogens is 246 g/mol. The van der Waals surface area contributed by atoms with E-state index in [9.17, 15) is 13.6 Å². The van der Waals surface area contributed by atoms with Crippen molar-refractivity contribution in [3.8, 4) is 0 Å². The quantitative estimate of drug-likeness (QED) is 0.813. The van der Waals surface area contributed by atoms with Gasteiger partial charge in [0.25, 0.3) is 5.76 Å². The first-order chi connectivity index (χ1) is 7.97. The van der Waals surface area contributed by atoms with Crippen molar-refractivity contribution >= 4 is 23.5 Å². The number of rotatable bonds is 4. The molecule has 1 aromatic rings. The number of urea groups is 1. The average Bonchev–Trinajstić information content (AvgIpc) is 2.18. The highest BCUT2D eigenvalue weighted by atomic mass is 32.2. The Balaban J connectivity index is 2.53. The highest BCUT2D eigenvalue weighted by Gasteiger charge is 2.06. The topological polar surface area (TPSA) is 41.1 Å². The summed E-state index contributed by atoms with van der Waals surface area (Å²) < 4.78 is 24.1. The number of nitrogens with one attached hydrogen (secondary N) is 2. The SMILES string of the molecule is CC(C)NC(=O)Nc1ccc(SC(F)F)cc1. The summed E-state index contributed by atoms with van der Waals surface area (Å²) in [5, 5.41) is 5.27. The van der Waals surface area contributed by atoms with Crippen LogP contribution in [0.5, 0.6) is 0 Å². The summed E-state index contributed by atoms with van der Waals surface area (Å²) in [7, 11) is 0. The Morgan fingerprint density at radius 1 is 1.24 bits per heavy atom. The number of carbonyl (C=O) groups is 1. The molecule has 94 valence electrons. The molecule has 2 N–H and O–H groups in total. The summed E-state index contributed by atoms with van der Waals surface area (Å²) in [5.74, 6) is -2.43. The largest absolute Gasteiger partial charge is 0.336 e. The molecule has 6 heteroatoms. The van der Waals surface area contributed by atoms with Crippen LogP contribution >= 0.6 is 11.8 Å². The highest BCUT2D eigenvalue weighted by molar-refractivity contribution is 7.99. The van der Waals surface area contributed by atoms with Crippen molar-refractivity contribution < 1.29 is 13.6 Å². The van der Waals surface area contributed by atoms with Crippen molar-refractivity contribution in [3.63, 3.8) is 0 Å². The predicted octanol–water partition coefficient (Wildman–Crippen LogP) is 3.53. The Hall–Kier alpha value is -1.30. The lowest BCUT2D eigenvalue weighted by atomic mass is 10.3. The van der Waals surface area contributed by atoms with Crippen LogP contribution in [0.25, 0.3) is 0 Å². The minimum absolute atomic E-state index is 0.0451. The van der Waals surface area contributed by atoms with E-state index in [0.717, 1.165) is 0 Å². The molecule has 0 unspecified atom stereocenters. The number of hydrogen-bond acceptors (Lipinski definition) is 2. The third kappa shape index (κ3) is 5.53. The second-order valence-corrected chi connectivity index (χ2v) is 4.72. The summed E-state index contributed by atoms with van der Waals surface area (Å²) in [6.45, 7) is 3.70. The van der Waals surface area contributed by atoms with E-state index in [1.807, 2.05) is 13.8 Å². The van der Waals surface area contributed by atoms with Gasteiger partial charge in [-0.1, -0.05) is 11.8 Å². The fraction of sp³-hybridized carbons (Fsp3) is 0.364. The molecule has 1 aromatic carbocycles. The Bertz CT molecular complexity index is 368. The van der Waals surface area contributed by atoms with Crippen LogP contribution in [0.1, 0.15) is 13.8 Å². The monoisotopic (exact) mass is 260 g/mol. The number of halogens is 2. The van der Waals surface area contributed by atoms with E-state index in [4.69, 9.17) is 0 Å². The third-order valence-corrected chi connectivity index (χ3v) is 2.48. The number of anilines is 1. The number of hydrogen-bond donors (Lipinski definition) is 2. The van der Waals surface area contributed by atoms with Gasteiger partial charge in [0.05, 0.1) is 0 Å². The lowest BCUT2D eigenvalue weighted by Gasteiger charge is -2.10. The average molecular weight is 260 g/mol. The van der Waals surface area contributed by atoms with Crippen LogP contribution in [0.15, 0.2) is 29.2 Å². The van der Waals surface area contributed by atoms with E-state index >= 15 is 0 Å². The molecule has 0 saturated heterocycles. The van der Waals surface area contributed by atoms with Crippen molar-refractivity contribution in [2.45, 2.75) is 30.5 Å². The van der Waals surface area contributed by atoms with Crippen LogP contribution in [0.2, 0.25) is 0 Å². The second kappa shape index (κ2) is 6.44. The standard InChI is InChI=1S/C11H14F2N2OS/c1-7(2)14-11(16)15-8-3-5-9(6-4-8)17-10(12)13/h3-7,10H,1-2H3,(H2,14,15,16). The normalized spacial score (nSPS) is 10.7. The smallest absolute Gasteiger partial charge is 0.319 e. The predicted molar refractivity (Wildman–Crippen MR) is 65.6 cm³/mol. The van der Waals surface area contributed by atoms with Crippen LogP contribution in [0, 0.1) is 0 Å². The van der Waals surface area contributed by atoms with E-state index in [-0.39, 0.29) is 12.1 Å². The molecule has 3 nitrogen and oxygen atoms in total. The number of alkyl halides is 2. The Morgan fingerprint density at radius 2 is 1.82 bits per heavy atom. The van der Waals surface area contributed by atoms with Gasteiger partial charge in [-0.2, -0.15) is 8.78 Å². The van der Waals surface area contributed by atoms with Crippen LogP contribution in [0.4, 0.5) is 19.3 Å². The first kappa shape index (κ1) is 13.8. The molecule has 0 bridgehead atoms. The fourth-order valence-electron chi connectivity index (χ4n) is 1.15. The molecule has 0 aliphatic rings. The summed E-state index contributed by atoms with van der Waals surface area (Å²) in [5.41, 5.74) is 0.571. The Labute approximate surface area is 103 Å². The van der Waals surface area contributed by atoms with E-state index in [1.54, 1.807) is 24.3 Å². The van der Waals surface area contributed by atoms with Gasteiger partial charge in [-0.05, 0) is 38.1 Å². The van der Waals surface area contributed by atoms with Crippen molar-refractivity contribution in [2.75, 3.05) is 5.32 Å². The first-order valence-electron chi connectivity index (χ1n) is 5.10. The zero-order valence-corrected chi connectivity index (χ0v) is 10.4. The first-order valence-corrected chi connectivity index (χ1v) is 5.97.